The van der Waals surface area contributed by atoms with Crippen LogP contribution in [-0.4, -0.2) is 23.7 Å². The minimum absolute atomic E-state index is 0.0733. The molecule has 1 aliphatic rings. The molecule has 1 N–H and O–H groups in total. The van der Waals surface area contributed by atoms with Crippen molar-refractivity contribution in [2.45, 2.75) is 6.42 Å². The van der Waals surface area contributed by atoms with Crippen molar-refractivity contribution in [1.29, 1.82) is 0 Å². The number of fused-ring (bicyclic) bond motifs is 5. The van der Waals surface area contributed by atoms with Crippen molar-refractivity contribution < 1.29 is 14.3 Å². The van der Waals surface area contributed by atoms with Crippen molar-refractivity contribution in [3.63, 3.8) is 0 Å². The normalized spacial score (nSPS) is 13.6. The molecule has 1 heterocycles. The van der Waals surface area contributed by atoms with Crippen LogP contribution in [0.2, 0.25) is 0 Å². The molecule has 0 radical (unpaired) electrons. The van der Waals surface area contributed by atoms with E-state index in [0.29, 0.717) is 16.9 Å². The zero-order valence-corrected chi connectivity index (χ0v) is 14.1. The number of carbonyl (C=O) groups is 2. The summed E-state index contributed by atoms with van der Waals surface area (Å²) in [7, 11) is 1.61. The number of hydrogen-bond acceptors (Lipinski definition) is 3. The van der Waals surface area contributed by atoms with Gasteiger partial charge in [0, 0.05) is 22.0 Å². The van der Waals surface area contributed by atoms with Crippen LogP contribution in [0.15, 0.2) is 54.6 Å². The Morgan fingerprint density at radius 1 is 0.846 bits per heavy atom. The van der Waals surface area contributed by atoms with Gasteiger partial charge in [0.25, 0.3) is 0 Å². The van der Waals surface area contributed by atoms with Crippen LogP contribution in [0.1, 0.15) is 27.1 Å². The van der Waals surface area contributed by atoms with Crippen LogP contribution in [-0.2, 0) is 0 Å². The van der Waals surface area contributed by atoms with E-state index < -0.39 is 0 Å². The number of ether oxygens (including phenoxy) is 1. The second-order valence-corrected chi connectivity index (χ2v) is 6.49. The van der Waals surface area contributed by atoms with E-state index in [9.17, 15) is 9.59 Å². The molecule has 0 bridgehead atoms. The van der Waals surface area contributed by atoms with Crippen molar-refractivity contribution in [2.75, 3.05) is 7.11 Å². The van der Waals surface area contributed by atoms with Gasteiger partial charge in [0.1, 0.15) is 5.75 Å². The molecular formula is C22H15NO3. The number of ketones is 2. The number of aromatic amines is 1. The first kappa shape index (κ1) is 14.9. The summed E-state index contributed by atoms with van der Waals surface area (Å²) in [6.45, 7) is 0. The molecule has 26 heavy (non-hydrogen) atoms. The molecule has 1 aliphatic carbocycles. The summed E-state index contributed by atoms with van der Waals surface area (Å²) in [5.41, 5.74) is 4.50. The lowest BCUT2D eigenvalue weighted by Gasteiger charge is -2.10. The third-order valence-electron chi connectivity index (χ3n) is 5.06. The molecule has 4 aromatic rings. The Balaban J connectivity index is 2.00. The number of rotatable bonds is 2. The average Bonchev–Trinajstić information content (AvgIpc) is 3.18. The van der Waals surface area contributed by atoms with Crippen LogP contribution in [0.3, 0.4) is 0 Å². The lowest BCUT2D eigenvalue weighted by Crippen LogP contribution is -1.97. The summed E-state index contributed by atoms with van der Waals surface area (Å²) in [6, 6.07) is 17.4. The van der Waals surface area contributed by atoms with Gasteiger partial charge in [0.2, 0.25) is 0 Å². The first-order chi connectivity index (χ1) is 12.7. The van der Waals surface area contributed by atoms with Crippen LogP contribution in [0.25, 0.3) is 32.9 Å². The van der Waals surface area contributed by atoms with Crippen molar-refractivity contribution in [1.82, 2.24) is 4.98 Å². The number of benzene rings is 3. The van der Waals surface area contributed by atoms with Crippen molar-refractivity contribution in [3.8, 4) is 16.9 Å². The van der Waals surface area contributed by atoms with E-state index in [1.54, 1.807) is 7.11 Å². The molecule has 0 aliphatic heterocycles. The third kappa shape index (κ3) is 1.90. The van der Waals surface area contributed by atoms with Crippen LogP contribution in [0, 0.1) is 0 Å². The number of carbonyl (C=O) groups excluding carboxylic acids is 2. The average molecular weight is 341 g/mol. The fourth-order valence-electron chi connectivity index (χ4n) is 3.99. The smallest absolute Gasteiger partial charge is 0.172 e. The minimum Gasteiger partial charge on any atom is -0.496 e. The summed E-state index contributed by atoms with van der Waals surface area (Å²) >= 11 is 0. The quantitative estimate of drug-likeness (QED) is 0.535. The molecule has 5 rings (SSSR count). The summed E-state index contributed by atoms with van der Waals surface area (Å²) in [5, 5.41) is 1.63. The van der Waals surface area contributed by atoms with Gasteiger partial charge in [0.05, 0.1) is 24.4 Å². The Morgan fingerprint density at radius 3 is 2.38 bits per heavy atom. The van der Waals surface area contributed by atoms with Crippen LogP contribution in [0.5, 0.6) is 5.75 Å². The Kier molecular flexibility index (Phi) is 3.04. The van der Waals surface area contributed by atoms with Crippen molar-refractivity contribution in [3.05, 3.63) is 65.7 Å². The van der Waals surface area contributed by atoms with Gasteiger partial charge in [-0.05, 0) is 29.3 Å². The second kappa shape index (κ2) is 5.30. The van der Waals surface area contributed by atoms with Gasteiger partial charge in [-0.1, -0.05) is 36.4 Å². The highest BCUT2D eigenvalue weighted by molar-refractivity contribution is 6.34. The molecule has 0 saturated heterocycles. The number of aromatic nitrogens is 1. The fourth-order valence-corrected chi connectivity index (χ4v) is 3.99. The maximum absolute atomic E-state index is 12.7. The van der Waals surface area contributed by atoms with E-state index in [1.807, 2.05) is 54.6 Å². The van der Waals surface area contributed by atoms with Crippen LogP contribution in [0.4, 0.5) is 0 Å². The largest absolute Gasteiger partial charge is 0.496 e. The number of Topliss-reactive ketones (excluding diaryl/α,β-unsaturated/α-hetero) is 2. The predicted molar refractivity (Wildman–Crippen MR) is 101 cm³/mol. The Labute approximate surface area is 149 Å². The monoisotopic (exact) mass is 341 g/mol. The molecule has 126 valence electrons. The van der Waals surface area contributed by atoms with Crippen molar-refractivity contribution >= 4 is 33.4 Å². The van der Waals surface area contributed by atoms with E-state index in [0.717, 1.165) is 32.9 Å². The molecule has 0 unspecified atom stereocenters. The lowest BCUT2D eigenvalue weighted by molar-refractivity contribution is 0.0923. The topological polar surface area (TPSA) is 59.2 Å². The van der Waals surface area contributed by atoms with E-state index in [4.69, 9.17) is 4.74 Å². The molecular weight excluding hydrogens is 326 g/mol. The summed E-state index contributed by atoms with van der Waals surface area (Å²) in [4.78, 5) is 28.8. The minimum atomic E-state index is -0.125. The maximum Gasteiger partial charge on any atom is 0.172 e. The highest BCUT2D eigenvalue weighted by Gasteiger charge is 2.34. The first-order valence-electron chi connectivity index (χ1n) is 8.46. The second-order valence-electron chi connectivity index (χ2n) is 6.49. The van der Waals surface area contributed by atoms with E-state index in [2.05, 4.69) is 4.98 Å². The highest BCUT2D eigenvalue weighted by Crippen LogP contribution is 2.43. The van der Waals surface area contributed by atoms with Gasteiger partial charge in [-0.15, -0.1) is 0 Å². The number of methoxy groups -OCH3 is 1. The SMILES string of the molecule is COc1cccc2[nH]c3cc(-c4ccccc4)c4c(c3c12)C(=O)CC4=O. The zero-order chi connectivity index (χ0) is 17.8. The lowest BCUT2D eigenvalue weighted by atomic mass is 9.93. The number of hydrogen-bond donors (Lipinski definition) is 1. The number of H-pyrrole nitrogens is 1. The summed E-state index contributed by atoms with van der Waals surface area (Å²) < 4.78 is 5.51. The van der Waals surface area contributed by atoms with E-state index >= 15 is 0 Å². The Hall–Kier alpha value is -3.40. The van der Waals surface area contributed by atoms with Crippen LogP contribution >= 0.6 is 0 Å². The van der Waals surface area contributed by atoms with Gasteiger partial charge in [0.15, 0.2) is 11.6 Å². The molecule has 4 nitrogen and oxygen atoms in total. The van der Waals surface area contributed by atoms with Gasteiger partial charge in [-0.25, -0.2) is 0 Å². The van der Waals surface area contributed by atoms with E-state index in [-0.39, 0.29) is 18.0 Å². The molecule has 0 amide bonds. The first-order valence-corrected chi connectivity index (χ1v) is 8.46. The van der Waals surface area contributed by atoms with E-state index in [1.165, 1.54) is 0 Å². The fraction of sp³-hybridized carbons (Fsp3) is 0.0909. The van der Waals surface area contributed by atoms with Crippen molar-refractivity contribution in [2.24, 2.45) is 0 Å². The zero-order valence-electron chi connectivity index (χ0n) is 14.1. The Bertz CT molecular complexity index is 1220. The molecule has 0 spiro atoms. The van der Waals surface area contributed by atoms with Gasteiger partial charge >= 0.3 is 0 Å². The van der Waals surface area contributed by atoms with Crippen LogP contribution < -0.4 is 4.74 Å². The molecule has 3 aromatic carbocycles. The maximum atomic E-state index is 12.7. The summed E-state index contributed by atoms with van der Waals surface area (Å²) in [5.74, 6) is 0.449. The third-order valence-corrected chi connectivity index (χ3v) is 5.06. The Morgan fingerprint density at radius 2 is 1.62 bits per heavy atom. The standard InChI is InChI=1S/C22H15NO3/c1-26-18-9-5-8-14-20(18)21-15(23-14)10-13(12-6-3-2-4-7-12)19-16(24)11-17(25)22(19)21/h2-10,23H,11H2,1H3. The molecule has 1 aromatic heterocycles. The van der Waals surface area contributed by atoms with Gasteiger partial charge in [-0.2, -0.15) is 0 Å². The number of nitrogens with one attached hydrogen (secondary N) is 1. The predicted octanol–water partition coefficient (Wildman–Crippen LogP) is 4.77. The summed E-state index contributed by atoms with van der Waals surface area (Å²) in [6.07, 6.45) is -0.0733. The van der Waals surface area contributed by atoms with Gasteiger partial charge < -0.3 is 9.72 Å². The highest BCUT2D eigenvalue weighted by atomic mass is 16.5. The van der Waals surface area contributed by atoms with Gasteiger partial charge in [-0.3, -0.25) is 9.59 Å². The molecule has 4 heteroatoms. The molecule has 0 fully saturated rings. The molecule has 0 atom stereocenters. The molecule has 0 saturated carbocycles.